The number of hydrogen-bond acceptors (Lipinski definition) is 2. The van der Waals surface area contributed by atoms with Gasteiger partial charge in [-0.25, -0.2) is 4.98 Å². The fourth-order valence-electron chi connectivity index (χ4n) is 0.964. The Bertz CT molecular complexity index is 273. The van der Waals surface area contributed by atoms with Crippen molar-refractivity contribution >= 4 is 0 Å². The fraction of sp³-hybridized carbons (Fsp3) is 0.222. The molecule has 0 unspecified atom stereocenters. The van der Waals surface area contributed by atoms with E-state index in [-0.39, 0.29) is 6.04 Å². The summed E-state index contributed by atoms with van der Waals surface area (Å²) in [6.45, 7) is 3.56. The largest absolute Gasteiger partial charge is 0.324 e. The van der Waals surface area contributed by atoms with E-state index in [0.717, 1.165) is 5.56 Å². The van der Waals surface area contributed by atoms with E-state index in [1.807, 2.05) is 0 Å². The molecule has 1 atom stereocenters. The highest BCUT2D eigenvalue weighted by Gasteiger charge is 2.04. The van der Waals surface area contributed by atoms with Crippen LogP contribution in [0.4, 0.5) is 4.39 Å². The van der Waals surface area contributed by atoms with Gasteiger partial charge in [-0.2, -0.15) is 4.39 Å². The highest BCUT2D eigenvalue weighted by atomic mass is 19.1. The number of nitrogens with two attached hydrogens (primary N) is 1. The average molecular weight is 166 g/mol. The maximum Gasteiger partial charge on any atom is 0.213 e. The maximum absolute atomic E-state index is 12.6. The van der Waals surface area contributed by atoms with Gasteiger partial charge in [0, 0.05) is 12.2 Å². The molecule has 1 aromatic heterocycles. The Kier molecular flexibility index (Phi) is 2.94. The Morgan fingerprint density at radius 1 is 1.75 bits per heavy atom. The molecule has 0 saturated heterocycles. The molecule has 12 heavy (non-hydrogen) atoms. The quantitative estimate of drug-likeness (QED) is 0.549. The third kappa shape index (κ3) is 2.13. The minimum atomic E-state index is -0.494. The molecular weight excluding hydrogens is 155 g/mol. The molecule has 0 aliphatic carbocycles. The van der Waals surface area contributed by atoms with Gasteiger partial charge >= 0.3 is 0 Å². The third-order valence-corrected chi connectivity index (χ3v) is 1.60. The van der Waals surface area contributed by atoms with Crippen molar-refractivity contribution in [3.05, 3.63) is 42.5 Å². The second-order valence-corrected chi connectivity index (χ2v) is 2.54. The van der Waals surface area contributed by atoms with E-state index in [1.165, 1.54) is 12.3 Å². The lowest BCUT2D eigenvalue weighted by atomic mass is 10.1. The summed E-state index contributed by atoms with van der Waals surface area (Å²) in [6.07, 6.45) is 3.76. The Hall–Kier alpha value is -1.22. The van der Waals surface area contributed by atoms with Gasteiger partial charge in [-0.3, -0.25) is 0 Å². The summed E-state index contributed by atoms with van der Waals surface area (Å²) in [4.78, 5) is 3.43. The fourth-order valence-corrected chi connectivity index (χ4v) is 0.964. The van der Waals surface area contributed by atoms with Gasteiger partial charge in [0.05, 0.1) is 0 Å². The first-order chi connectivity index (χ1) is 5.74. The highest BCUT2D eigenvalue weighted by Crippen LogP contribution is 2.13. The second kappa shape index (κ2) is 3.97. The van der Waals surface area contributed by atoms with Crippen LogP contribution in [0, 0.1) is 5.95 Å². The van der Waals surface area contributed by atoms with Crippen molar-refractivity contribution in [2.75, 3.05) is 0 Å². The van der Waals surface area contributed by atoms with Crippen LogP contribution in [0.2, 0.25) is 0 Å². The average Bonchev–Trinajstić information content (AvgIpc) is 2.05. The van der Waals surface area contributed by atoms with Crippen LogP contribution in [0.1, 0.15) is 18.0 Å². The number of rotatable bonds is 3. The lowest BCUT2D eigenvalue weighted by molar-refractivity contribution is 0.577. The standard InChI is InChI=1S/C9H11FN2/c1-2-3-8(11)7-4-5-12-9(10)6-7/h2,4-6,8H,1,3,11H2/t8-/m1/s1. The van der Waals surface area contributed by atoms with Gasteiger partial charge in [0.2, 0.25) is 5.95 Å². The van der Waals surface area contributed by atoms with E-state index in [2.05, 4.69) is 11.6 Å². The molecule has 0 saturated carbocycles. The van der Waals surface area contributed by atoms with Gasteiger partial charge < -0.3 is 5.73 Å². The zero-order valence-corrected chi connectivity index (χ0v) is 6.70. The Labute approximate surface area is 70.9 Å². The molecule has 64 valence electrons. The van der Waals surface area contributed by atoms with Crippen LogP contribution in [0.25, 0.3) is 0 Å². The van der Waals surface area contributed by atoms with E-state index in [1.54, 1.807) is 12.1 Å². The third-order valence-electron chi connectivity index (χ3n) is 1.60. The maximum atomic E-state index is 12.6. The highest BCUT2D eigenvalue weighted by molar-refractivity contribution is 5.15. The molecule has 0 radical (unpaired) electrons. The predicted octanol–water partition coefficient (Wildman–Crippen LogP) is 1.80. The zero-order chi connectivity index (χ0) is 8.97. The van der Waals surface area contributed by atoms with Crippen molar-refractivity contribution < 1.29 is 4.39 Å². The van der Waals surface area contributed by atoms with Crippen molar-refractivity contribution in [3.63, 3.8) is 0 Å². The number of halogens is 1. The first-order valence-electron chi connectivity index (χ1n) is 3.72. The van der Waals surface area contributed by atoms with Gasteiger partial charge in [-0.15, -0.1) is 6.58 Å². The Morgan fingerprint density at radius 2 is 2.50 bits per heavy atom. The minimum Gasteiger partial charge on any atom is -0.324 e. The molecule has 2 nitrogen and oxygen atoms in total. The normalized spacial score (nSPS) is 12.5. The molecule has 0 aromatic carbocycles. The van der Waals surface area contributed by atoms with E-state index >= 15 is 0 Å². The number of aromatic nitrogens is 1. The monoisotopic (exact) mass is 166 g/mol. The molecule has 0 fully saturated rings. The van der Waals surface area contributed by atoms with Crippen molar-refractivity contribution in [2.45, 2.75) is 12.5 Å². The van der Waals surface area contributed by atoms with E-state index in [4.69, 9.17) is 5.73 Å². The molecule has 0 spiro atoms. The van der Waals surface area contributed by atoms with Gasteiger partial charge in [-0.1, -0.05) is 6.08 Å². The van der Waals surface area contributed by atoms with Crippen LogP contribution >= 0.6 is 0 Å². The van der Waals surface area contributed by atoms with Crippen molar-refractivity contribution in [1.29, 1.82) is 0 Å². The summed E-state index contributed by atoms with van der Waals surface area (Å²) in [7, 11) is 0. The number of nitrogens with zero attached hydrogens (tertiary/aromatic N) is 1. The van der Waals surface area contributed by atoms with Gasteiger partial charge in [-0.05, 0) is 24.1 Å². The van der Waals surface area contributed by atoms with Gasteiger partial charge in [0.25, 0.3) is 0 Å². The van der Waals surface area contributed by atoms with Crippen molar-refractivity contribution in [2.24, 2.45) is 5.73 Å². The summed E-state index contributed by atoms with van der Waals surface area (Å²) in [5.41, 5.74) is 6.46. The molecule has 0 bridgehead atoms. The lowest BCUT2D eigenvalue weighted by Gasteiger charge is -2.07. The van der Waals surface area contributed by atoms with Gasteiger partial charge in [0.15, 0.2) is 0 Å². The molecule has 0 amide bonds. The minimum absolute atomic E-state index is 0.181. The van der Waals surface area contributed by atoms with E-state index < -0.39 is 5.95 Å². The zero-order valence-electron chi connectivity index (χ0n) is 6.70. The molecule has 1 rings (SSSR count). The van der Waals surface area contributed by atoms with Gasteiger partial charge in [0.1, 0.15) is 0 Å². The summed E-state index contributed by atoms with van der Waals surface area (Å²) >= 11 is 0. The van der Waals surface area contributed by atoms with E-state index in [0.29, 0.717) is 6.42 Å². The lowest BCUT2D eigenvalue weighted by Crippen LogP contribution is -2.09. The summed E-state index contributed by atoms with van der Waals surface area (Å²) in [5.74, 6) is -0.494. The molecule has 3 heteroatoms. The van der Waals surface area contributed by atoms with Crippen molar-refractivity contribution in [1.82, 2.24) is 4.98 Å². The van der Waals surface area contributed by atoms with Crippen LogP contribution in [-0.2, 0) is 0 Å². The first-order valence-corrected chi connectivity index (χ1v) is 3.72. The molecule has 2 N–H and O–H groups in total. The van der Waals surface area contributed by atoms with Crippen LogP contribution in [0.5, 0.6) is 0 Å². The van der Waals surface area contributed by atoms with Crippen LogP contribution in [0.3, 0.4) is 0 Å². The van der Waals surface area contributed by atoms with Crippen LogP contribution < -0.4 is 5.73 Å². The van der Waals surface area contributed by atoms with Crippen LogP contribution in [-0.4, -0.2) is 4.98 Å². The van der Waals surface area contributed by atoms with E-state index in [9.17, 15) is 4.39 Å². The summed E-state index contributed by atoms with van der Waals surface area (Å²) in [5, 5.41) is 0. The molecule has 0 aliphatic rings. The topological polar surface area (TPSA) is 38.9 Å². The molecule has 0 aliphatic heterocycles. The smallest absolute Gasteiger partial charge is 0.213 e. The molecule has 1 heterocycles. The predicted molar refractivity (Wildman–Crippen MR) is 45.9 cm³/mol. The number of hydrogen-bond donors (Lipinski definition) is 1. The van der Waals surface area contributed by atoms with Crippen LogP contribution in [0.15, 0.2) is 31.0 Å². The molecular formula is C9H11FN2. The summed E-state index contributed by atoms with van der Waals surface area (Å²) in [6, 6.07) is 2.87. The Balaban J connectivity index is 2.80. The Morgan fingerprint density at radius 3 is 3.08 bits per heavy atom. The number of pyridine rings is 1. The van der Waals surface area contributed by atoms with Crippen molar-refractivity contribution in [3.8, 4) is 0 Å². The SMILES string of the molecule is C=CC[C@@H](N)c1ccnc(F)c1. The first kappa shape index (κ1) is 8.87. The molecule has 1 aromatic rings. The summed E-state index contributed by atoms with van der Waals surface area (Å²) < 4.78 is 12.6. The second-order valence-electron chi connectivity index (χ2n) is 2.54.